The van der Waals surface area contributed by atoms with Gasteiger partial charge in [0.05, 0.1) is 11.4 Å². The Balaban J connectivity index is 1.96. The smallest absolute Gasteiger partial charge is 0.170 e. The van der Waals surface area contributed by atoms with Gasteiger partial charge in [-0.25, -0.2) is 0 Å². The maximum absolute atomic E-state index is 8.71. The van der Waals surface area contributed by atoms with E-state index in [1.54, 1.807) is 0 Å². The van der Waals surface area contributed by atoms with Crippen LogP contribution in [0, 0.1) is 0 Å². The number of fused-ring (bicyclic) bond motifs is 1. The third-order valence-electron chi connectivity index (χ3n) is 3.83. The topological polar surface area (TPSA) is 65.1 Å². The van der Waals surface area contributed by atoms with Crippen LogP contribution in [-0.2, 0) is 0 Å². The molecule has 1 aliphatic heterocycles. The monoisotopic (exact) mass is 282 g/mol. The molecule has 5 heteroatoms. The van der Waals surface area contributed by atoms with Crippen molar-refractivity contribution in [1.82, 2.24) is 0 Å². The summed E-state index contributed by atoms with van der Waals surface area (Å²) < 4.78 is 0. The lowest BCUT2D eigenvalue weighted by atomic mass is 10.1. The second-order valence-corrected chi connectivity index (χ2v) is 5.09. The first-order valence-corrected chi connectivity index (χ1v) is 6.86. The predicted octanol–water partition coefficient (Wildman–Crippen LogP) is 2.37. The van der Waals surface area contributed by atoms with E-state index in [-0.39, 0.29) is 5.84 Å². The van der Waals surface area contributed by atoms with Gasteiger partial charge < -0.3 is 20.7 Å². The molecule has 0 aromatic heterocycles. The molecule has 108 valence electrons. The number of hydrogen-bond acceptors (Lipinski definition) is 4. The molecule has 0 saturated heterocycles. The van der Waals surface area contributed by atoms with E-state index in [9.17, 15) is 0 Å². The minimum absolute atomic E-state index is 0.125. The fourth-order valence-corrected chi connectivity index (χ4v) is 2.64. The van der Waals surface area contributed by atoms with E-state index < -0.39 is 0 Å². The first kappa shape index (κ1) is 13.3. The zero-order chi connectivity index (χ0) is 14.8. The molecule has 0 bridgehead atoms. The summed E-state index contributed by atoms with van der Waals surface area (Å²) in [6.07, 6.45) is 0. The third-order valence-corrected chi connectivity index (χ3v) is 3.83. The molecular weight excluding hydrogens is 264 g/mol. The highest BCUT2D eigenvalue weighted by atomic mass is 16.4. The number of amidine groups is 1. The molecule has 0 amide bonds. The van der Waals surface area contributed by atoms with Crippen molar-refractivity contribution in [3.63, 3.8) is 0 Å². The number of para-hydroxylation sites is 2. The number of nitrogens with two attached hydrogens (primary N) is 1. The Bertz CT molecular complexity index is 666. The summed E-state index contributed by atoms with van der Waals surface area (Å²) in [5.74, 6) is 0.125. The van der Waals surface area contributed by atoms with Gasteiger partial charge in [0.25, 0.3) is 0 Å². The van der Waals surface area contributed by atoms with Gasteiger partial charge in [-0.3, -0.25) is 0 Å². The summed E-state index contributed by atoms with van der Waals surface area (Å²) in [6.45, 7) is 1.90. The molecule has 0 atom stereocenters. The van der Waals surface area contributed by atoms with Crippen LogP contribution in [0.5, 0.6) is 0 Å². The largest absolute Gasteiger partial charge is 0.409 e. The molecule has 0 unspecified atom stereocenters. The standard InChI is InChI=1S/C16H18N4O/c1-19-10-11-20(15-5-3-2-4-14(15)19)13-8-6-12(7-9-13)16(17)18-21/h2-9,21H,10-11H2,1H3,(H2,17,18). The van der Waals surface area contributed by atoms with Crippen LogP contribution < -0.4 is 15.5 Å². The molecule has 1 aliphatic rings. The summed E-state index contributed by atoms with van der Waals surface area (Å²) in [4.78, 5) is 4.54. The Hall–Kier alpha value is -2.69. The van der Waals surface area contributed by atoms with Crippen LogP contribution in [0.15, 0.2) is 53.7 Å². The van der Waals surface area contributed by atoms with Crippen molar-refractivity contribution in [2.45, 2.75) is 0 Å². The molecule has 2 aromatic carbocycles. The van der Waals surface area contributed by atoms with Gasteiger partial charge in [-0.05, 0) is 36.4 Å². The minimum Gasteiger partial charge on any atom is -0.409 e. The van der Waals surface area contributed by atoms with Crippen LogP contribution in [0.1, 0.15) is 5.56 Å². The van der Waals surface area contributed by atoms with Crippen molar-refractivity contribution in [2.75, 3.05) is 29.9 Å². The molecule has 0 aliphatic carbocycles. The minimum atomic E-state index is 0.125. The predicted molar refractivity (Wildman–Crippen MR) is 85.7 cm³/mol. The van der Waals surface area contributed by atoms with E-state index in [4.69, 9.17) is 10.9 Å². The van der Waals surface area contributed by atoms with Crippen molar-refractivity contribution in [3.8, 4) is 0 Å². The number of likely N-dealkylation sites (N-methyl/N-ethyl adjacent to an activating group) is 1. The van der Waals surface area contributed by atoms with Gasteiger partial charge in [-0.1, -0.05) is 17.3 Å². The number of benzene rings is 2. The van der Waals surface area contributed by atoms with Crippen LogP contribution in [0.3, 0.4) is 0 Å². The second kappa shape index (κ2) is 5.36. The second-order valence-electron chi connectivity index (χ2n) is 5.09. The van der Waals surface area contributed by atoms with Crippen LogP contribution in [0.25, 0.3) is 0 Å². The molecule has 3 rings (SSSR count). The quantitative estimate of drug-likeness (QED) is 0.384. The highest BCUT2D eigenvalue weighted by Gasteiger charge is 2.20. The SMILES string of the molecule is CN1CCN(c2ccc(C(N)=NO)cc2)c2ccccc21. The van der Waals surface area contributed by atoms with E-state index in [1.807, 2.05) is 24.3 Å². The first-order valence-electron chi connectivity index (χ1n) is 6.86. The molecule has 3 N–H and O–H groups in total. The lowest BCUT2D eigenvalue weighted by Gasteiger charge is -2.37. The van der Waals surface area contributed by atoms with Gasteiger partial charge >= 0.3 is 0 Å². The lowest BCUT2D eigenvalue weighted by molar-refractivity contribution is 0.318. The molecule has 5 nitrogen and oxygen atoms in total. The van der Waals surface area contributed by atoms with Crippen molar-refractivity contribution >= 4 is 22.9 Å². The summed E-state index contributed by atoms with van der Waals surface area (Å²) in [5.41, 5.74) is 9.83. The number of rotatable bonds is 2. The van der Waals surface area contributed by atoms with Gasteiger partial charge in [-0.2, -0.15) is 0 Å². The molecule has 1 heterocycles. The normalized spacial score (nSPS) is 15.0. The van der Waals surface area contributed by atoms with Gasteiger partial charge in [-0.15, -0.1) is 0 Å². The number of nitrogens with zero attached hydrogens (tertiary/aromatic N) is 3. The Morgan fingerprint density at radius 2 is 1.71 bits per heavy atom. The van der Waals surface area contributed by atoms with Gasteiger partial charge in [0.1, 0.15) is 0 Å². The van der Waals surface area contributed by atoms with Crippen molar-refractivity contribution in [2.24, 2.45) is 10.9 Å². The maximum Gasteiger partial charge on any atom is 0.170 e. The van der Waals surface area contributed by atoms with E-state index in [2.05, 4.69) is 46.3 Å². The Labute approximate surface area is 123 Å². The van der Waals surface area contributed by atoms with Crippen LogP contribution in [0.2, 0.25) is 0 Å². The zero-order valence-electron chi connectivity index (χ0n) is 11.9. The molecule has 0 saturated carbocycles. The van der Waals surface area contributed by atoms with Crippen molar-refractivity contribution in [3.05, 3.63) is 54.1 Å². The van der Waals surface area contributed by atoms with E-state index in [1.165, 1.54) is 11.4 Å². The van der Waals surface area contributed by atoms with Gasteiger partial charge in [0.15, 0.2) is 5.84 Å². The average Bonchev–Trinajstić information content (AvgIpc) is 2.55. The summed E-state index contributed by atoms with van der Waals surface area (Å²) >= 11 is 0. The zero-order valence-corrected chi connectivity index (χ0v) is 11.9. The molecular formula is C16H18N4O. The summed E-state index contributed by atoms with van der Waals surface area (Å²) in [7, 11) is 2.11. The highest BCUT2D eigenvalue weighted by molar-refractivity contribution is 5.97. The molecule has 0 radical (unpaired) electrons. The van der Waals surface area contributed by atoms with Crippen LogP contribution in [0.4, 0.5) is 17.1 Å². The molecule has 0 fully saturated rings. The number of oxime groups is 1. The molecule has 0 spiro atoms. The van der Waals surface area contributed by atoms with Crippen molar-refractivity contribution < 1.29 is 5.21 Å². The van der Waals surface area contributed by atoms with Crippen molar-refractivity contribution in [1.29, 1.82) is 0 Å². The Morgan fingerprint density at radius 1 is 1.05 bits per heavy atom. The van der Waals surface area contributed by atoms with Gasteiger partial charge in [0, 0.05) is 31.4 Å². The highest BCUT2D eigenvalue weighted by Crippen LogP contribution is 2.36. The van der Waals surface area contributed by atoms with Gasteiger partial charge in [0.2, 0.25) is 0 Å². The maximum atomic E-state index is 8.71. The first-order chi connectivity index (χ1) is 10.2. The van der Waals surface area contributed by atoms with E-state index >= 15 is 0 Å². The van der Waals surface area contributed by atoms with E-state index in [0.717, 1.165) is 18.8 Å². The Kier molecular flexibility index (Phi) is 3.39. The number of anilines is 3. The summed E-state index contributed by atoms with van der Waals surface area (Å²) in [5, 5.41) is 11.7. The Morgan fingerprint density at radius 3 is 2.38 bits per heavy atom. The number of hydrogen-bond donors (Lipinski definition) is 2. The van der Waals surface area contributed by atoms with Crippen LogP contribution in [-0.4, -0.2) is 31.2 Å². The van der Waals surface area contributed by atoms with Crippen LogP contribution >= 0.6 is 0 Å². The summed E-state index contributed by atoms with van der Waals surface area (Å²) in [6, 6.07) is 16.1. The molecule has 2 aromatic rings. The fraction of sp³-hybridized carbons (Fsp3) is 0.188. The third kappa shape index (κ3) is 2.38. The average molecular weight is 282 g/mol. The van der Waals surface area contributed by atoms with E-state index in [0.29, 0.717) is 5.56 Å². The fourth-order valence-electron chi connectivity index (χ4n) is 2.64. The lowest BCUT2D eigenvalue weighted by Crippen LogP contribution is -2.36. The molecule has 21 heavy (non-hydrogen) atoms.